The Kier molecular flexibility index (Phi) is 17.7. The van der Waals surface area contributed by atoms with Crippen LogP contribution in [0.1, 0.15) is 61.9 Å². The Balaban J connectivity index is 0.000000314. The number of rotatable bonds is 14. The van der Waals surface area contributed by atoms with Gasteiger partial charge < -0.3 is 15.4 Å². The standard InChI is InChI=1S/C33H36ClF3N4O2S2.C14H21NOS/c1-32(2)14-13-28(22-3-7-25(34)8-4-22)24(20-32)21-40-15-17-41(18-16-40)26-9-5-23(6-10-26)31(42)39-44-27-11-12-29(38)30(19-27)45(43)33(35,36)37;1-2-6-14(7-3-1)17-13-5-4-8-15-9-11-16-12-10-15/h3-12,19H,13-18,20-21,38H2,1-2H3,(H,39,42);1-3,6-7H,4-5,8-13H2. The van der Waals surface area contributed by atoms with E-state index in [1.165, 1.54) is 65.3 Å². The van der Waals surface area contributed by atoms with E-state index in [0.717, 1.165) is 101 Å². The summed E-state index contributed by atoms with van der Waals surface area (Å²) >= 11 is 8.95. The zero-order chi connectivity index (χ0) is 44.1. The highest BCUT2D eigenvalue weighted by Gasteiger charge is 2.39. The number of carbonyl (C=O) groups is 1. The van der Waals surface area contributed by atoms with Gasteiger partial charge >= 0.3 is 5.51 Å². The molecule has 15 heteroatoms. The van der Waals surface area contributed by atoms with Crippen LogP contribution in [0.15, 0.2) is 117 Å². The highest BCUT2D eigenvalue weighted by molar-refractivity contribution is 7.99. The zero-order valence-electron chi connectivity index (χ0n) is 35.4. The van der Waals surface area contributed by atoms with Gasteiger partial charge in [-0.25, -0.2) is 4.21 Å². The fourth-order valence-corrected chi connectivity index (χ4v) is 10.4. The van der Waals surface area contributed by atoms with Gasteiger partial charge in [-0.3, -0.25) is 19.3 Å². The Morgan fingerprint density at radius 1 is 0.871 bits per heavy atom. The van der Waals surface area contributed by atoms with Gasteiger partial charge in [0.15, 0.2) is 10.8 Å². The van der Waals surface area contributed by atoms with Crippen molar-refractivity contribution in [3.05, 3.63) is 119 Å². The molecule has 2 heterocycles. The molecule has 2 fully saturated rings. The number of anilines is 2. The van der Waals surface area contributed by atoms with Crippen molar-refractivity contribution < 1.29 is 26.9 Å². The lowest BCUT2D eigenvalue weighted by molar-refractivity contribution is -0.0384. The molecule has 4 aromatic rings. The van der Waals surface area contributed by atoms with Crippen molar-refractivity contribution in [2.45, 2.75) is 66.1 Å². The molecule has 62 heavy (non-hydrogen) atoms. The van der Waals surface area contributed by atoms with E-state index in [2.05, 4.69) is 75.7 Å². The molecule has 3 N–H and O–H groups in total. The second kappa shape index (κ2) is 22.9. The summed E-state index contributed by atoms with van der Waals surface area (Å²) < 4.78 is 58.5. The Hall–Kier alpha value is -3.50. The van der Waals surface area contributed by atoms with Crippen molar-refractivity contribution in [2.75, 3.05) is 82.0 Å². The summed E-state index contributed by atoms with van der Waals surface area (Å²) in [4.78, 5) is 21.2. The minimum Gasteiger partial charge on any atom is -0.398 e. The second-order valence-electron chi connectivity index (χ2n) is 16.5. The summed E-state index contributed by atoms with van der Waals surface area (Å²) in [5, 5.41) is 0.750. The molecule has 3 aliphatic rings. The maximum absolute atomic E-state index is 12.9. The van der Waals surface area contributed by atoms with E-state index in [1.807, 2.05) is 36.0 Å². The lowest BCUT2D eigenvalue weighted by Gasteiger charge is -2.39. The van der Waals surface area contributed by atoms with Crippen LogP contribution >= 0.6 is 35.3 Å². The summed E-state index contributed by atoms with van der Waals surface area (Å²) in [6.45, 7) is 14.5. The number of ether oxygens (including phenoxy) is 1. The third-order valence-corrected chi connectivity index (χ3v) is 14.6. The first-order valence-corrected chi connectivity index (χ1v) is 24.4. The number of alkyl halides is 3. The van der Waals surface area contributed by atoms with Crippen LogP contribution in [0.5, 0.6) is 0 Å². The van der Waals surface area contributed by atoms with Crippen LogP contribution in [0.4, 0.5) is 24.5 Å². The lowest BCUT2D eigenvalue weighted by Crippen LogP contribution is -2.47. The van der Waals surface area contributed by atoms with E-state index in [-0.39, 0.29) is 16.0 Å². The fraction of sp³-hybridized carbons (Fsp3) is 0.426. The van der Waals surface area contributed by atoms with Crippen molar-refractivity contribution >= 4 is 69.0 Å². The number of unbranched alkanes of at least 4 members (excludes halogenated alkanes) is 1. The van der Waals surface area contributed by atoms with Gasteiger partial charge in [0.1, 0.15) is 0 Å². The molecule has 4 aromatic carbocycles. The second-order valence-corrected chi connectivity index (χ2v) is 20.4. The number of carbonyl (C=O) groups excluding carboxylic acids is 1. The number of hydrogen-bond donors (Lipinski definition) is 2. The van der Waals surface area contributed by atoms with Gasteiger partial charge in [-0.2, -0.15) is 13.2 Å². The number of benzene rings is 4. The lowest BCUT2D eigenvalue weighted by atomic mass is 9.73. The molecule has 8 nitrogen and oxygen atoms in total. The van der Waals surface area contributed by atoms with E-state index in [1.54, 1.807) is 12.1 Å². The predicted octanol–water partition coefficient (Wildman–Crippen LogP) is 10.7. The van der Waals surface area contributed by atoms with Gasteiger partial charge in [-0.05, 0) is 140 Å². The van der Waals surface area contributed by atoms with Gasteiger partial charge in [0.05, 0.1) is 18.1 Å². The summed E-state index contributed by atoms with van der Waals surface area (Å²) in [7, 11) is -3.26. The molecular formula is C47H57ClF3N5O3S3. The molecule has 1 atom stereocenters. The van der Waals surface area contributed by atoms with Crippen LogP contribution in [0.2, 0.25) is 5.02 Å². The van der Waals surface area contributed by atoms with E-state index < -0.39 is 27.1 Å². The molecular weight excluding hydrogens is 871 g/mol. The first-order chi connectivity index (χ1) is 29.7. The number of nitrogens with two attached hydrogens (primary N) is 1. The number of allylic oxidation sites excluding steroid dienone is 1. The van der Waals surface area contributed by atoms with Gasteiger partial charge in [0, 0.05) is 77.6 Å². The topological polar surface area (TPSA) is 91.1 Å². The summed E-state index contributed by atoms with van der Waals surface area (Å²) in [5.41, 5.74) is 6.40. The number of morpholine rings is 1. The number of thioether (sulfide) groups is 1. The number of hydrogen-bond acceptors (Lipinski definition) is 9. The van der Waals surface area contributed by atoms with Gasteiger partial charge in [-0.15, -0.1) is 11.8 Å². The maximum atomic E-state index is 12.9. The summed E-state index contributed by atoms with van der Waals surface area (Å²) in [6, 6.07) is 29.9. The van der Waals surface area contributed by atoms with Crippen LogP contribution in [0.3, 0.4) is 0 Å². The van der Waals surface area contributed by atoms with Gasteiger partial charge in [0.25, 0.3) is 5.91 Å². The van der Waals surface area contributed by atoms with E-state index >= 15 is 0 Å². The summed E-state index contributed by atoms with van der Waals surface area (Å²) in [6.07, 6.45) is 5.93. The quantitative estimate of drug-likeness (QED) is 0.0555. The summed E-state index contributed by atoms with van der Waals surface area (Å²) in [5.74, 6) is 0.834. The van der Waals surface area contributed by atoms with Crippen LogP contribution in [0.25, 0.3) is 5.57 Å². The van der Waals surface area contributed by atoms with Gasteiger partial charge in [-0.1, -0.05) is 61.4 Å². The Morgan fingerprint density at radius 2 is 1.56 bits per heavy atom. The first kappa shape index (κ1) is 48.0. The number of piperazine rings is 1. The van der Waals surface area contributed by atoms with Crippen LogP contribution in [0, 0.1) is 5.41 Å². The highest BCUT2D eigenvalue weighted by Crippen LogP contribution is 2.43. The van der Waals surface area contributed by atoms with Crippen molar-refractivity contribution in [2.24, 2.45) is 5.41 Å². The molecule has 1 unspecified atom stereocenters. The molecule has 334 valence electrons. The molecule has 2 saturated heterocycles. The monoisotopic (exact) mass is 927 g/mol. The van der Waals surface area contributed by atoms with E-state index in [9.17, 15) is 22.2 Å². The molecule has 2 aliphatic heterocycles. The normalized spacial score (nSPS) is 17.9. The smallest absolute Gasteiger partial charge is 0.398 e. The number of nitrogens with one attached hydrogen (secondary N) is 1. The molecule has 7 rings (SSSR count). The molecule has 1 amide bonds. The first-order valence-electron chi connectivity index (χ1n) is 21.1. The van der Waals surface area contributed by atoms with E-state index in [0.29, 0.717) is 5.56 Å². The Morgan fingerprint density at radius 3 is 2.24 bits per heavy atom. The SMILES string of the molecule is CC1(C)CCC(c2ccc(Cl)cc2)=C(CN2CCN(c3ccc(C(=O)NSc4ccc(N)c(S(=O)C(F)(F)F)c4)cc3)CC2)C1.c1ccc(SCCCCN2CCOCC2)cc1. The number of nitrogen functional groups attached to an aromatic ring is 1. The molecule has 0 aromatic heterocycles. The van der Waals surface area contributed by atoms with Crippen molar-refractivity contribution in [1.82, 2.24) is 14.5 Å². The van der Waals surface area contributed by atoms with Crippen molar-refractivity contribution in [3.63, 3.8) is 0 Å². The number of nitrogens with zero attached hydrogens (tertiary/aromatic N) is 3. The third kappa shape index (κ3) is 14.5. The van der Waals surface area contributed by atoms with Crippen LogP contribution < -0.4 is 15.4 Å². The molecule has 0 spiro atoms. The zero-order valence-corrected chi connectivity index (χ0v) is 38.6. The van der Waals surface area contributed by atoms with Crippen LogP contribution in [-0.4, -0.2) is 96.7 Å². The van der Waals surface area contributed by atoms with Crippen molar-refractivity contribution in [1.29, 1.82) is 0 Å². The highest BCUT2D eigenvalue weighted by atomic mass is 35.5. The molecule has 0 radical (unpaired) electrons. The average molecular weight is 929 g/mol. The largest absolute Gasteiger partial charge is 0.475 e. The third-order valence-electron chi connectivity index (χ3n) is 11.3. The molecule has 0 saturated carbocycles. The maximum Gasteiger partial charge on any atom is 0.475 e. The Bertz CT molecular complexity index is 2110. The molecule has 1 aliphatic carbocycles. The fourth-order valence-electron chi connectivity index (χ4n) is 7.82. The molecule has 0 bridgehead atoms. The van der Waals surface area contributed by atoms with Crippen LogP contribution in [-0.2, 0) is 15.5 Å². The van der Waals surface area contributed by atoms with Crippen molar-refractivity contribution in [3.8, 4) is 0 Å². The predicted molar refractivity (Wildman–Crippen MR) is 251 cm³/mol. The van der Waals surface area contributed by atoms with E-state index in [4.69, 9.17) is 22.1 Å². The Labute approximate surface area is 380 Å². The average Bonchev–Trinajstić information content (AvgIpc) is 3.27. The number of amides is 1. The van der Waals surface area contributed by atoms with Gasteiger partial charge in [0.2, 0.25) is 0 Å². The minimum atomic E-state index is -4.93. The minimum absolute atomic E-state index is 0.226. The number of halogens is 4.